The predicted octanol–water partition coefficient (Wildman–Crippen LogP) is 5.97. The fraction of sp³-hybridized carbons (Fsp3) is 0.375. The lowest BCUT2D eigenvalue weighted by molar-refractivity contribution is -0.137. The van der Waals surface area contributed by atoms with Crippen molar-refractivity contribution in [3.05, 3.63) is 71.4 Å². The largest absolute Gasteiger partial charge is 0.416 e. The van der Waals surface area contributed by atoms with E-state index >= 15 is 0 Å². The van der Waals surface area contributed by atoms with Crippen LogP contribution in [0.15, 0.2) is 54.7 Å². The number of fused-ring (bicyclic) bond motifs is 1. The summed E-state index contributed by atoms with van der Waals surface area (Å²) in [7, 11) is 0. The van der Waals surface area contributed by atoms with Crippen molar-refractivity contribution in [1.29, 1.82) is 0 Å². The highest BCUT2D eigenvalue weighted by Gasteiger charge is 2.32. The molecule has 6 heteroatoms. The van der Waals surface area contributed by atoms with Crippen molar-refractivity contribution in [3.63, 3.8) is 0 Å². The molecule has 4 rings (SSSR count). The maximum absolute atomic E-state index is 13.3. The summed E-state index contributed by atoms with van der Waals surface area (Å²) in [5.74, 6) is 0.145. The second-order valence-electron chi connectivity index (χ2n) is 8.23. The minimum atomic E-state index is -4.42. The van der Waals surface area contributed by atoms with E-state index < -0.39 is 17.7 Å². The summed E-state index contributed by atoms with van der Waals surface area (Å²) in [6.07, 6.45) is -0.521. The normalized spacial score (nSPS) is 16.7. The number of aromatic nitrogens is 1. The first-order valence-corrected chi connectivity index (χ1v) is 10.3. The molecule has 1 aromatic heterocycles. The molecule has 0 aliphatic carbocycles. The Morgan fingerprint density at radius 3 is 2.60 bits per heavy atom. The van der Waals surface area contributed by atoms with Gasteiger partial charge in [0.05, 0.1) is 5.56 Å². The third-order valence-corrected chi connectivity index (χ3v) is 6.13. The van der Waals surface area contributed by atoms with Gasteiger partial charge in [0.2, 0.25) is 5.91 Å². The van der Waals surface area contributed by atoms with E-state index in [2.05, 4.69) is 11.9 Å². The van der Waals surface area contributed by atoms with Crippen molar-refractivity contribution >= 4 is 16.8 Å². The molecule has 1 amide bonds. The summed E-state index contributed by atoms with van der Waals surface area (Å²) in [5.41, 5.74) is 1.57. The van der Waals surface area contributed by atoms with Crippen molar-refractivity contribution in [2.75, 3.05) is 13.1 Å². The van der Waals surface area contributed by atoms with E-state index in [1.54, 1.807) is 6.07 Å². The fourth-order valence-electron chi connectivity index (χ4n) is 4.28. The lowest BCUT2D eigenvalue weighted by atomic mass is 9.86. The number of H-pyrrole nitrogens is 1. The fourth-order valence-corrected chi connectivity index (χ4v) is 4.28. The van der Waals surface area contributed by atoms with Gasteiger partial charge in [-0.05, 0) is 42.0 Å². The van der Waals surface area contributed by atoms with Gasteiger partial charge in [0, 0.05) is 42.5 Å². The van der Waals surface area contributed by atoms with Crippen LogP contribution in [0.25, 0.3) is 10.9 Å². The highest BCUT2D eigenvalue weighted by molar-refractivity contribution is 5.86. The van der Waals surface area contributed by atoms with Crippen molar-refractivity contribution in [2.45, 2.75) is 38.3 Å². The molecule has 0 radical (unpaired) electrons. The number of alkyl halides is 3. The zero-order chi connectivity index (χ0) is 21.3. The van der Waals surface area contributed by atoms with E-state index in [0.29, 0.717) is 24.6 Å². The molecule has 0 saturated carbocycles. The summed E-state index contributed by atoms with van der Waals surface area (Å²) < 4.78 is 40.0. The number of likely N-dealkylation sites (tertiary alicyclic amines) is 1. The van der Waals surface area contributed by atoms with Crippen LogP contribution in [0.2, 0.25) is 0 Å². The number of piperidine rings is 1. The minimum absolute atomic E-state index is 0.00501. The van der Waals surface area contributed by atoms with Crippen molar-refractivity contribution in [3.8, 4) is 0 Å². The quantitative estimate of drug-likeness (QED) is 0.561. The first kappa shape index (κ1) is 20.5. The number of nitrogens with one attached hydrogen (secondary N) is 1. The molecule has 1 atom stereocenters. The molecular weight excluding hydrogens is 389 g/mol. The Labute approximate surface area is 173 Å². The third kappa shape index (κ3) is 4.23. The highest BCUT2D eigenvalue weighted by Crippen LogP contribution is 2.37. The second-order valence-corrected chi connectivity index (χ2v) is 8.23. The number of amides is 1. The number of para-hydroxylation sites is 1. The first-order valence-electron chi connectivity index (χ1n) is 10.3. The van der Waals surface area contributed by atoms with Crippen LogP contribution in [0.3, 0.4) is 0 Å². The molecule has 0 bridgehead atoms. The smallest absolute Gasteiger partial charge is 0.361 e. The number of carbonyl (C=O) groups is 1. The number of hydrogen-bond acceptors (Lipinski definition) is 1. The zero-order valence-corrected chi connectivity index (χ0v) is 16.9. The van der Waals surface area contributed by atoms with Gasteiger partial charge in [0.25, 0.3) is 0 Å². The Hall–Kier alpha value is -2.76. The van der Waals surface area contributed by atoms with Crippen LogP contribution >= 0.6 is 0 Å². The molecule has 2 heterocycles. The summed E-state index contributed by atoms with van der Waals surface area (Å²) in [4.78, 5) is 18.1. The van der Waals surface area contributed by atoms with Gasteiger partial charge in [-0.2, -0.15) is 13.2 Å². The van der Waals surface area contributed by atoms with Crippen LogP contribution in [0, 0.1) is 5.92 Å². The van der Waals surface area contributed by atoms with Crippen molar-refractivity contribution < 1.29 is 18.0 Å². The Bertz CT molecular complexity index is 1030. The van der Waals surface area contributed by atoms with E-state index in [-0.39, 0.29) is 12.3 Å². The number of aromatic amines is 1. The van der Waals surface area contributed by atoms with E-state index in [0.717, 1.165) is 35.4 Å². The lowest BCUT2D eigenvalue weighted by Crippen LogP contribution is -2.38. The number of carbonyl (C=O) groups excluding carboxylic acids is 1. The molecule has 30 heavy (non-hydrogen) atoms. The molecule has 3 nitrogen and oxygen atoms in total. The number of benzene rings is 2. The number of halogens is 3. The number of rotatable bonds is 4. The molecule has 1 fully saturated rings. The van der Waals surface area contributed by atoms with Gasteiger partial charge >= 0.3 is 6.18 Å². The standard InChI is InChI=1S/C24H25F3N2O/c1-16-9-11-29(12-10-16)23(30)14-20(17-5-4-6-18(13-17)24(25,26)27)21-15-28-22-8-3-2-7-19(21)22/h2-8,13,15-16,20,28H,9-12,14H2,1H3/t20-/m0/s1. The van der Waals surface area contributed by atoms with Crippen LogP contribution in [0.1, 0.15) is 48.8 Å². The molecule has 3 aromatic rings. The Kier molecular flexibility index (Phi) is 5.58. The summed E-state index contributed by atoms with van der Waals surface area (Å²) in [5, 5.41) is 0.931. The average Bonchev–Trinajstić information content (AvgIpc) is 3.16. The predicted molar refractivity (Wildman–Crippen MR) is 111 cm³/mol. The zero-order valence-electron chi connectivity index (χ0n) is 16.9. The van der Waals surface area contributed by atoms with Gasteiger partial charge < -0.3 is 9.88 Å². The topological polar surface area (TPSA) is 36.1 Å². The molecule has 0 spiro atoms. The van der Waals surface area contributed by atoms with Crippen molar-refractivity contribution in [1.82, 2.24) is 9.88 Å². The monoisotopic (exact) mass is 414 g/mol. The third-order valence-electron chi connectivity index (χ3n) is 6.13. The van der Waals surface area contributed by atoms with Crippen molar-refractivity contribution in [2.24, 2.45) is 5.92 Å². The van der Waals surface area contributed by atoms with Gasteiger partial charge in [-0.25, -0.2) is 0 Å². The van der Waals surface area contributed by atoms with Gasteiger partial charge in [-0.3, -0.25) is 4.79 Å². The molecule has 158 valence electrons. The van der Waals surface area contributed by atoms with E-state index in [9.17, 15) is 18.0 Å². The Morgan fingerprint density at radius 2 is 1.87 bits per heavy atom. The summed E-state index contributed by atoms with van der Waals surface area (Å²) in [6, 6.07) is 13.0. The van der Waals surface area contributed by atoms with Crippen LogP contribution in [-0.2, 0) is 11.0 Å². The Balaban J connectivity index is 1.71. The molecule has 2 aromatic carbocycles. The number of nitrogens with zero attached hydrogens (tertiary/aromatic N) is 1. The van der Waals surface area contributed by atoms with E-state index in [1.807, 2.05) is 35.4 Å². The molecule has 0 unspecified atom stereocenters. The average molecular weight is 414 g/mol. The van der Waals surface area contributed by atoms with Gasteiger partial charge in [0.1, 0.15) is 0 Å². The molecule has 1 saturated heterocycles. The first-order chi connectivity index (χ1) is 14.3. The van der Waals surface area contributed by atoms with Gasteiger partial charge in [-0.15, -0.1) is 0 Å². The summed E-state index contributed by atoms with van der Waals surface area (Å²) >= 11 is 0. The number of hydrogen-bond donors (Lipinski definition) is 1. The molecule has 1 aliphatic rings. The van der Waals surface area contributed by atoms with Crippen LogP contribution < -0.4 is 0 Å². The molecule has 1 N–H and O–H groups in total. The van der Waals surface area contributed by atoms with E-state index in [1.165, 1.54) is 12.1 Å². The Morgan fingerprint density at radius 1 is 1.13 bits per heavy atom. The second kappa shape index (κ2) is 8.17. The lowest BCUT2D eigenvalue weighted by Gasteiger charge is -2.31. The van der Waals surface area contributed by atoms with Crippen LogP contribution in [0.4, 0.5) is 13.2 Å². The minimum Gasteiger partial charge on any atom is -0.361 e. The maximum Gasteiger partial charge on any atom is 0.416 e. The SMILES string of the molecule is CC1CCN(C(=O)C[C@@H](c2cccc(C(F)(F)F)c2)c2c[nH]c3ccccc23)CC1. The molecule has 1 aliphatic heterocycles. The van der Waals surface area contributed by atoms with Gasteiger partial charge in [0.15, 0.2) is 0 Å². The van der Waals surface area contributed by atoms with Crippen LogP contribution in [0.5, 0.6) is 0 Å². The van der Waals surface area contributed by atoms with Gasteiger partial charge in [-0.1, -0.05) is 43.3 Å². The highest BCUT2D eigenvalue weighted by atomic mass is 19.4. The van der Waals surface area contributed by atoms with E-state index in [4.69, 9.17) is 0 Å². The van der Waals surface area contributed by atoms with Crippen LogP contribution in [-0.4, -0.2) is 28.9 Å². The summed E-state index contributed by atoms with van der Waals surface area (Å²) in [6.45, 7) is 3.60. The maximum atomic E-state index is 13.3. The molecular formula is C24H25F3N2O.